The normalized spacial score (nSPS) is 13.1. The molecule has 5 heteroatoms. The number of aryl methyl sites for hydroxylation is 1. The van der Waals surface area contributed by atoms with Gasteiger partial charge in [-0.1, -0.05) is 35.5 Å². The second kappa shape index (κ2) is 6.88. The van der Waals surface area contributed by atoms with Gasteiger partial charge < -0.3 is 14.0 Å². The largest absolute Gasteiger partial charge is 0.486 e. The number of carbonyl (C=O) groups is 1. The van der Waals surface area contributed by atoms with Crippen molar-refractivity contribution in [1.29, 1.82) is 0 Å². The van der Waals surface area contributed by atoms with Crippen molar-refractivity contribution in [2.45, 2.75) is 6.92 Å². The molecule has 2 aromatic carbocycles. The predicted molar refractivity (Wildman–Crippen MR) is 97.5 cm³/mol. The topological polar surface area (TPSA) is 61.6 Å². The molecule has 0 bridgehead atoms. The van der Waals surface area contributed by atoms with Gasteiger partial charge in [0, 0.05) is 16.7 Å². The average Bonchev–Trinajstić information content (AvgIpc) is 3.07. The van der Waals surface area contributed by atoms with Crippen molar-refractivity contribution in [3.63, 3.8) is 0 Å². The number of nitrogens with zero attached hydrogens (tertiary/aromatic N) is 1. The van der Waals surface area contributed by atoms with Gasteiger partial charge in [-0.2, -0.15) is 0 Å². The van der Waals surface area contributed by atoms with Crippen LogP contribution >= 0.6 is 0 Å². The number of hydrogen-bond acceptors (Lipinski definition) is 5. The Labute approximate surface area is 150 Å². The van der Waals surface area contributed by atoms with E-state index in [1.165, 1.54) is 6.08 Å². The fourth-order valence-corrected chi connectivity index (χ4v) is 2.83. The molecule has 1 aliphatic rings. The van der Waals surface area contributed by atoms with Crippen LogP contribution < -0.4 is 9.47 Å². The van der Waals surface area contributed by atoms with Crippen LogP contribution in [-0.4, -0.2) is 24.2 Å². The molecule has 0 N–H and O–H groups in total. The minimum Gasteiger partial charge on any atom is -0.486 e. The van der Waals surface area contributed by atoms with E-state index in [2.05, 4.69) is 5.16 Å². The molecule has 26 heavy (non-hydrogen) atoms. The number of allylic oxidation sites excluding steroid dienone is 1. The molecule has 130 valence electrons. The molecule has 0 radical (unpaired) electrons. The second-order valence-corrected chi connectivity index (χ2v) is 5.92. The third-order valence-corrected chi connectivity index (χ3v) is 4.18. The van der Waals surface area contributed by atoms with Gasteiger partial charge in [0.05, 0.1) is 0 Å². The highest BCUT2D eigenvalue weighted by molar-refractivity contribution is 6.07. The van der Waals surface area contributed by atoms with Gasteiger partial charge in [0.2, 0.25) is 0 Å². The quantitative estimate of drug-likeness (QED) is 0.520. The Bertz CT molecular complexity index is 973. The first kappa shape index (κ1) is 16.1. The summed E-state index contributed by atoms with van der Waals surface area (Å²) in [5, 5.41) is 4.12. The summed E-state index contributed by atoms with van der Waals surface area (Å²) < 4.78 is 16.3. The molecule has 4 rings (SSSR count). The molecule has 0 unspecified atom stereocenters. The Morgan fingerprint density at radius 3 is 2.62 bits per heavy atom. The van der Waals surface area contributed by atoms with Crippen LogP contribution in [0.2, 0.25) is 0 Å². The minimum atomic E-state index is -0.124. The summed E-state index contributed by atoms with van der Waals surface area (Å²) in [4.78, 5) is 12.6. The lowest BCUT2D eigenvalue weighted by Gasteiger charge is -2.18. The van der Waals surface area contributed by atoms with E-state index in [0.29, 0.717) is 41.7 Å². The van der Waals surface area contributed by atoms with E-state index < -0.39 is 0 Å². The molecule has 1 aromatic heterocycles. The summed E-state index contributed by atoms with van der Waals surface area (Å²) in [5.74, 6) is 1.80. The fourth-order valence-electron chi connectivity index (χ4n) is 2.83. The van der Waals surface area contributed by atoms with Crippen LogP contribution in [0.3, 0.4) is 0 Å². The first-order valence-corrected chi connectivity index (χ1v) is 8.36. The number of fused-ring (bicyclic) bond motifs is 1. The minimum absolute atomic E-state index is 0.124. The molecular weight excluding hydrogens is 330 g/mol. The van der Waals surface area contributed by atoms with E-state index in [9.17, 15) is 4.79 Å². The maximum atomic E-state index is 12.6. The van der Waals surface area contributed by atoms with Crippen molar-refractivity contribution < 1.29 is 18.8 Å². The zero-order valence-corrected chi connectivity index (χ0v) is 14.3. The highest BCUT2D eigenvalue weighted by atomic mass is 16.6. The van der Waals surface area contributed by atoms with E-state index in [-0.39, 0.29) is 5.78 Å². The molecule has 3 aromatic rings. The van der Waals surface area contributed by atoms with Crippen molar-refractivity contribution in [3.05, 3.63) is 71.5 Å². The molecule has 0 aliphatic carbocycles. The van der Waals surface area contributed by atoms with Crippen molar-refractivity contribution in [2.75, 3.05) is 13.2 Å². The van der Waals surface area contributed by atoms with Crippen LogP contribution in [0.5, 0.6) is 11.5 Å². The molecular formula is C21H17NO4. The third-order valence-electron chi connectivity index (χ3n) is 4.18. The molecule has 0 atom stereocenters. The molecule has 0 amide bonds. The van der Waals surface area contributed by atoms with Gasteiger partial charge in [-0.15, -0.1) is 0 Å². The van der Waals surface area contributed by atoms with Gasteiger partial charge in [-0.05, 0) is 37.3 Å². The Morgan fingerprint density at radius 1 is 1.04 bits per heavy atom. The van der Waals surface area contributed by atoms with Crippen LogP contribution in [-0.2, 0) is 0 Å². The third kappa shape index (κ3) is 3.11. The standard InChI is InChI=1S/C21H17NO4/c1-14-17(21(22-26-14)15-5-3-2-4-6-15)8-9-18(23)16-7-10-19-20(13-16)25-12-11-24-19/h2-10,13H,11-12H2,1H3/b9-8+. The van der Waals surface area contributed by atoms with E-state index in [1.807, 2.05) is 37.3 Å². The Morgan fingerprint density at radius 2 is 1.81 bits per heavy atom. The van der Waals surface area contributed by atoms with Crippen LogP contribution in [0.25, 0.3) is 17.3 Å². The summed E-state index contributed by atoms with van der Waals surface area (Å²) >= 11 is 0. The van der Waals surface area contributed by atoms with Crippen molar-refractivity contribution in [3.8, 4) is 22.8 Å². The highest BCUT2D eigenvalue weighted by Gasteiger charge is 2.15. The van der Waals surface area contributed by atoms with Gasteiger partial charge in [0.15, 0.2) is 17.3 Å². The molecule has 0 saturated heterocycles. The van der Waals surface area contributed by atoms with Crippen LogP contribution in [0, 0.1) is 6.92 Å². The Hall–Kier alpha value is -3.34. The first-order chi connectivity index (χ1) is 12.7. The lowest BCUT2D eigenvalue weighted by Crippen LogP contribution is -2.15. The SMILES string of the molecule is Cc1onc(-c2ccccc2)c1/C=C/C(=O)c1ccc2c(c1)OCCO2. The zero-order chi connectivity index (χ0) is 17.9. The van der Waals surface area contributed by atoms with Gasteiger partial charge >= 0.3 is 0 Å². The van der Waals surface area contributed by atoms with E-state index in [4.69, 9.17) is 14.0 Å². The molecule has 0 saturated carbocycles. The molecule has 0 spiro atoms. The van der Waals surface area contributed by atoms with Gasteiger partial charge in [0.1, 0.15) is 24.7 Å². The highest BCUT2D eigenvalue weighted by Crippen LogP contribution is 2.31. The maximum absolute atomic E-state index is 12.6. The summed E-state index contributed by atoms with van der Waals surface area (Å²) in [5.41, 5.74) is 2.99. The van der Waals surface area contributed by atoms with Crippen LogP contribution in [0.15, 0.2) is 59.1 Å². The maximum Gasteiger partial charge on any atom is 0.185 e. The van der Waals surface area contributed by atoms with Crippen molar-refractivity contribution in [1.82, 2.24) is 5.16 Å². The number of ketones is 1. The van der Waals surface area contributed by atoms with Crippen LogP contribution in [0.1, 0.15) is 21.7 Å². The summed E-state index contributed by atoms with van der Waals surface area (Å²) in [6.45, 7) is 2.84. The first-order valence-electron chi connectivity index (χ1n) is 8.36. The fraction of sp³-hybridized carbons (Fsp3) is 0.143. The zero-order valence-electron chi connectivity index (χ0n) is 14.3. The van der Waals surface area contributed by atoms with Gasteiger partial charge in [0.25, 0.3) is 0 Å². The number of rotatable bonds is 4. The number of aromatic nitrogens is 1. The lowest BCUT2D eigenvalue weighted by atomic mass is 10.0. The number of ether oxygens (including phenoxy) is 2. The van der Waals surface area contributed by atoms with E-state index in [1.54, 1.807) is 24.3 Å². The lowest BCUT2D eigenvalue weighted by molar-refractivity contribution is 0.104. The van der Waals surface area contributed by atoms with Crippen molar-refractivity contribution >= 4 is 11.9 Å². The Kier molecular flexibility index (Phi) is 4.27. The van der Waals surface area contributed by atoms with E-state index in [0.717, 1.165) is 11.1 Å². The van der Waals surface area contributed by atoms with Gasteiger partial charge in [-0.25, -0.2) is 0 Å². The monoisotopic (exact) mass is 347 g/mol. The van der Waals surface area contributed by atoms with Crippen LogP contribution in [0.4, 0.5) is 0 Å². The molecule has 1 aliphatic heterocycles. The van der Waals surface area contributed by atoms with Crippen molar-refractivity contribution in [2.24, 2.45) is 0 Å². The number of hydrogen-bond donors (Lipinski definition) is 0. The summed E-state index contributed by atoms with van der Waals surface area (Å²) in [6, 6.07) is 14.9. The number of benzene rings is 2. The molecule has 0 fully saturated rings. The van der Waals surface area contributed by atoms with Gasteiger partial charge in [-0.3, -0.25) is 4.79 Å². The average molecular weight is 347 g/mol. The summed E-state index contributed by atoms with van der Waals surface area (Å²) in [6.07, 6.45) is 3.27. The second-order valence-electron chi connectivity index (χ2n) is 5.92. The smallest absolute Gasteiger partial charge is 0.185 e. The Balaban J connectivity index is 1.61. The summed E-state index contributed by atoms with van der Waals surface area (Å²) in [7, 11) is 0. The molecule has 2 heterocycles. The van der Waals surface area contributed by atoms with E-state index >= 15 is 0 Å². The predicted octanol–water partition coefficient (Wildman–Crippen LogP) is 4.32. The number of carbonyl (C=O) groups excluding carboxylic acids is 1. The molecule has 5 nitrogen and oxygen atoms in total.